The van der Waals surface area contributed by atoms with Gasteiger partial charge in [-0.05, 0) is 37.6 Å². The number of benzene rings is 1. The number of aryl methyl sites for hydroxylation is 1. The average Bonchev–Trinajstić information content (AvgIpc) is 3.19. The summed E-state index contributed by atoms with van der Waals surface area (Å²) in [5.41, 5.74) is 2.08. The molecule has 1 aromatic carbocycles. The van der Waals surface area contributed by atoms with Crippen molar-refractivity contribution in [3.05, 3.63) is 40.7 Å². The molecular weight excluding hydrogens is 430 g/mol. The Balaban J connectivity index is 1.82. The highest BCUT2D eigenvalue weighted by atomic mass is 32.2. The minimum atomic E-state index is -3.34. The molecule has 0 aliphatic carbocycles. The monoisotopic (exact) mass is 451 g/mol. The minimum Gasteiger partial charge on any atom is -0.460 e. The van der Waals surface area contributed by atoms with Crippen LogP contribution in [-0.2, 0) is 19.3 Å². The summed E-state index contributed by atoms with van der Waals surface area (Å²) in [5.74, 6) is -1.00. The number of hydrogen-bond donors (Lipinski definition) is 2. The van der Waals surface area contributed by atoms with E-state index >= 15 is 0 Å². The van der Waals surface area contributed by atoms with Crippen LogP contribution in [0.25, 0.3) is 10.2 Å². The lowest BCUT2D eigenvalue weighted by Gasteiger charge is -2.05. The molecule has 0 bridgehead atoms. The van der Waals surface area contributed by atoms with Crippen molar-refractivity contribution in [2.45, 2.75) is 18.7 Å². The maximum atomic E-state index is 12.7. The molecule has 0 fully saturated rings. The molecule has 0 atom stereocenters. The molecule has 11 heteroatoms. The van der Waals surface area contributed by atoms with E-state index < -0.39 is 21.7 Å². The number of amides is 1. The molecule has 1 amide bonds. The highest BCUT2D eigenvalue weighted by molar-refractivity contribution is 7.90. The maximum Gasteiger partial charge on any atom is 0.340 e. The topological polar surface area (TPSA) is 127 Å². The summed E-state index contributed by atoms with van der Waals surface area (Å²) in [6.07, 6.45) is 1.13. The number of hydrogen-bond acceptors (Lipinski definition) is 8. The number of nitrogens with zero attached hydrogens (tertiary/aromatic N) is 1. The second-order valence-corrected chi connectivity index (χ2v) is 9.67. The zero-order valence-corrected chi connectivity index (χ0v) is 18.5. The normalized spacial score (nSPS) is 11.6. The van der Waals surface area contributed by atoms with Crippen LogP contribution in [0.15, 0.2) is 23.1 Å². The van der Waals surface area contributed by atoms with Gasteiger partial charge in [0, 0.05) is 19.1 Å². The van der Waals surface area contributed by atoms with Gasteiger partial charge in [0.2, 0.25) is 0 Å². The number of carbonyl (C=O) groups is 2. The first-order valence-corrected chi connectivity index (χ1v) is 11.6. The third kappa shape index (κ3) is 4.53. The summed E-state index contributed by atoms with van der Waals surface area (Å²) < 4.78 is 34.1. The van der Waals surface area contributed by atoms with Crippen molar-refractivity contribution >= 4 is 48.4 Å². The van der Waals surface area contributed by atoms with E-state index in [4.69, 9.17) is 9.47 Å². The van der Waals surface area contributed by atoms with Gasteiger partial charge in [-0.25, -0.2) is 18.2 Å². The fourth-order valence-electron chi connectivity index (χ4n) is 2.92. The second-order valence-electron chi connectivity index (χ2n) is 6.63. The van der Waals surface area contributed by atoms with Gasteiger partial charge in [-0.3, -0.25) is 10.1 Å². The molecule has 0 saturated carbocycles. The molecule has 3 aromatic rings. The van der Waals surface area contributed by atoms with Crippen molar-refractivity contribution in [2.24, 2.45) is 0 Å². The molecule has 30 heavy (non-hydrogen) atoms. The molecule has 160 valence electrons. The van der Waals surface area contributed by atoms with Gasteiger partial charge in [-0.15, -0.1) is 0 Å². The molecule has 0 unspecified atom stereocenters. The molecule has 2 heterocycles. The summed E-state index contributed by atoms with van der Waals surface area (Å²) >= 11 is 1.16. The van der Waals surface area contributed by atoms with Crippen LogP contribution in [-0.4, -0.2) is 56.8 Å². The van der Waals surface area contributed by atoms with Crippen LogP contribution >= 0.6 is 11.3 Å². The molecule has 0 aliphatic rings. The zero-order valence-electron chi connectivity index (χ0n) is 16.9. The van der Waals surface area contributed by atoms with Gasteiger partial charge in [0.15, 0.2) is 15.0 Å². The third-order valence-electron chi connectivity index (χ3n) is 4.40. The first-order chi connectivity index (χ1) is 14.1. The fraction of sp³-hybridized carbons (Fsp3) is 0.316. The van der Waals surface area contributed by atoms with Crippen LogP contribution < -0.4 is 5.32 Å². The van der Waals surface area contributed by atoms with Gasteiger partial charge in [-0.2, -0.15) is 0 Å². The molecule has 0 saturated heterocycles. The predicted molar refractivity (Wildman–Crippen MR) is 113 cm³/mol. The van der Waals surface area contributed by atoms with Gasteiger partial charge in [0.1, 0.15) is 12.3 Å². The van der Waals surface area contributed by atoms with E-state index in [1.807, 2.05) is 0 Å². The Morgan fingerprint density at radius 3 is 2.63 bits per heavy atom. The number of aromatic amines is 1. The van der Waals surface area contributed by atoms with Crippen LogP contribution in [0.1, 0.15) is 32.1 Å². The predicted octanol–water partition coefficient (Wildman–Crippen LogP) is 2.70. The first-order valence-electron chi connectivity index (χ1n) is 8.89. The second kappa shape index (κ2) is 8.54. The van der Waals surface area contributed by atoms with Gasteiger partial charge < -0.3 is 14.5 Å². The van der Waals surface area contributed by atoms with E-state index in [1.165, 1.54) is 19.2 Å². The number of fused-ring (bicyclic) bond motifs is 1. The zero-order chi connectivity index (χ0) is 22.1. The highest BCUT2D eigenvalue weighted by Crippen LogP contribution is 2.29. The van der Waals surface area contributed by atoms with Crippen molar-refractivity contribution in [1.29, 1.82) is 0 Å². The summed E-state index contributed by atoms with van der Waals surface area (Å²) in [6.45, 7) is 3.73. The number of sulfone groups is 1. The molecular formula is C19H21N3O6S2. The van der Waals surface area contributed by atoms with Crippen LogP contribution in [0.4, 0.5) is 5.13 Å². The highest BCUT2D eigenvalue weighted by Gasteiger charge is 2.23. The number of methoxy groups -OCH3 is 1. The summed E-state index contributed by atoms with van der Waals surface area (Å²) in [7, 11) is -1.83. The Morgan fingerprint density at radius 1 is 1.23 bits per heavy atom. The molecule has 3 rings (SSSR count). The number of carbonyl (C=O) groups excluding carboxylic acids is 2. The number of thiazole rings is 1. The number of nitrogens with one attached hydrogen (secondary N) is 2. The lowest BCUT2D eigenvalue weighted by molar-refractivity contribution is 0.0386. The van der Waals surface area contributed by atoms with Gasteiger partial charge >= 0.3 is 5.97 Å². The van der Waals surface area contributed by atoms with Crippen molar-refractivity contribution in [2.75, 3.05) is 31.9 Å². The number of aromatic nitrogens is 2. The molecule has 0 radical (unpaired) electrons. The fourth-order valence-corrected chi connectivity index (χ4v) is 4.54. The van der Waals surface area contributed by atoms with E-state index in [9.17, 15) is 18.0 Å². The third-order valence-corrected chi connectivity index (χ3v) is 6.44. The van der Waals surface area contributed by atoms with Gasteiger partial charge in [-0.1, -0.05) is 11.3 Å². The van der Waals surface area contributed by atoms with Crippen molar-refractivity contribution in [1.82, 2.24) is 9.97 Å². The SMILES string of the molecule is COCCOC(=O)c1c(C)[nH]c(C(=O)Nc2nc3ccc(S(C)(=O)=O)cc3s2)c1C. The molecule has 0 aliphatic heterocycles. The van der Waals surface area contributed by atoms with E-state index in [2.05, 4.69) is 15.3 Å². The summed E-state index contributed by atoms with van der Waals surface area (Å²) in [6, 6.07) is 4.59. The molecule has 9 nitrogen and oxygen atoms in total. The molecule has 2 N–H and O–H groups in total. The number of esters is 1. The van der Waals surface area contributed by atoms with Crippen molar-refractivity contribution in [3.63, 3.8) is 0 Å². The van der Waals surface area contributed by atoms with Crippen molar-refractivity contribution < 1.29 is 27.5 Å². The quantitative estimate of drug-likeness (QED) is 0.417. The lowest BCUT2D eigenvalue weighted by atomic mass is 10.1. The number of rotatable bonds is 7. The average molecular weight is 452 g/mol. The Hall–Kier alpha value is -2.76. The van der Waals surface area contributed by atoms with E-state index in [-0.39, 0.29) is 23.8 Å². The standard InChI is InChI=1S/C19H21N3O6S2/c1-10-15(18(24)28-8-7-27-3)11(2)20-16(10)17(23)22-19-21-13-6-5-12(30(4,25)26)9-14(13)29-19/h5-6,9,20H,7-8H2,1-4H3,(H,21,22,23). The van der Waals surface area contributed by atoms with Gasteiger partial charge in [0.25, 0.3) is 5.91 Å². The summed E-state index contributed by atoms with van der Waals surface area (Å²) in [5, 5.41) is 3.01. The Kier molecular flexibility index (Phi) is 6.25. The van der Waals surface area contributed by atoms with E-state index in [0.29, 0.717) is 32.2 Å². The maximum absolute atomic E-state index is 12.7. The van der Waals surface area contributed by atoms with Gasteiger partial charge in [0.05, 0.1) is 27.3 Å². The molecule has 2 aromatic heterocycles. The smallest absolute Gasteiger partial charge is 0.340 e. The van der Waals surface area contributed by atoms with Crippen LogP contribution in [0.3, 0.4) is 0 Å². The number of ether oxygens (including phenoxy) is 2. The van der Waals surface area contributed by atoms with Crippen LogP contribution in [0, 0.1) is 13.8 Å². The Bertz CT molecular complexity index is 1230. The van der Waals surface area contributed by atoms with Crippen LogP contribution in [0.5, 0.6) is 0 Å². The van der Waals surface area contributed by atoms with Crippen LogP contribution in [0.2, 0.25) is 0 Å². The Labute approximate surface area is 177 Å². The number of anilines is 1. The molecule has 0 spiro atoms. The number of H-pyrrole nitrogens is 1. The lowest BCUT2D eigenvalue weighted by Crippen LogP contribution is -2.14. The minimum absolute atomic E-state index is 0.113. The largest absolute Gasteiger partial charge is 0.460 e. The van der Waals surface area contributed by atoms with E-state index in [1.54, 1.807) is 19.9 Å². The first kappa shape index (κ1) is 21.9. The summed E-state index contributed by atoms with van der Waals surface area (Å²) in [4.78, 5) is 32.5. The Morgan fingerprint density at radius 2 is 1.97 bits per heavy atom. The van der Waals surface area contributed by atoms with E-state index in [0.717, 1.165) is 17.6 Å². The van der Waals surface area contributed by atoms with Crippen molar-refractivity contribution in [3.8, 4) is 0 Å².